The minimum absolute atomic E-state index is 0.0493. The van der Waals surface area contributed by atoms with E-state index in [9.17, 15) is 4.79 Å². The SMILES string of the molecule is CC(=O)O.COC1=C(c2cccc3ccccc23)C(=O)CC1Cl. The van der Waals surface area contributed by atoms with Crippen molar-refractivity contribution in [1.29, 1.82) is 0 Å². The first-order valence-corrected chi connectivity index (χ1v) is 7.52. The molecule has 0 amide bonds. The van der Waals surface area contributed by atoms with E-state index in [0.29, 0.717) is 17.8 Å². The zero-order valence-corrected chi connectivity index (χ0v) is 13.6. The van der Waals surface area contributed by atoms with Gasteiger partial charge in [0.2, 0.25) is 0 Å². The van der Waals surface area contributed by atoms with Gasteiger partial charge in [-0.25, -0.2) is 0 Å². The number of fused-ring (bicyclic) bond motifs is 1. The van der Waals surface area contributed by atoms with E-state index in [1.165, 1.54) is 0 Å². The first-order valence-electron chi connectivity index (χ1n) is 7.08. The van der Waals surface area contributed by atoms with Crippen molar-refractivity contribution in [3.63, 3.8) is 0 Å². The Hall–Kier alpha value is -2.33. The van der Waals surface area contributed by atoms with Gasteiger partial charge in [-0.2, -0.15) is 0 Å². The highest BCUT2D eigenvalue weighted by Gasteiger charge is 2.33. The summed E-state index contributed by atoms with van der Waals surface area (Å²) < 4.78 is 5.34. The monoisotopic (exact) mass is 332 g/mol. The van der Waals surface area contributed by atoms with Crippen molar-refractivity contribution in [2.75, 3.05) is 7.11 Å². The number of rotatable bonds is 2. The predicted molar refractivity (Wildman–Crippen MR) is 90.5 cm³/mol. The number of Topliss-reactive ketones (excluding diaryl/α,β-unsaturated/α-hetero) is 1. The zero-order valence-electron chi connectivity index (χ0n) is 12.9. The third-order valence-electron chi connectivity index (χ3n) is 3.45. The summed E-state index contributed by atoms with van der Waals surface area (Å²) in [5.74, 6) is -0.198. The van der Waals surface area contributed by atoms with Gasteiger partial charge in [-0.15, -0.1) is 11.6 Å². The van der Waals surface area contributed by atoms with Gasteiger partial charge in [0.15, 0.2) is 5.78 Å². The van der Waals surface area contributed by atoms with Gasteiger partial charge in [0.1, 0.15) is 5.76 Å². The number of ether oxygens (including phenoxy) is 1. The molecule has 0 saturated carbocycles. The number of allylic oxidation sites excluding steroid dienone is 2. The fourth-order valence-corrected chi connectivity index (χ4v) is 2.95. The molecule has 0 radical (unpaired) electrons. The van der Waals surface area contributed by atoms with Gasteiger partial charge >= 0.3 is 0 Å². The maximum atomic E-state index is 12.2. The Kier molecular flexibility index (Phi) is 5.40. The summed E-state index contributed by atoms with van der Waals surface area (Å²) in [7, 11) is 1.56. The van der Waals surface area contributed by atoms with Gasteiger partial charge in [-0.05, 0) is 16.3 Å². The molecule has 1 unspecified atom stereocenters. The van der Waals surface area contributed by atoms with Gasteiger partial charge < -0.3 is 9.84 Å². The van der Waals surface area contributed by atoms with E-state index in [-0.39, 0.29) is 11.2 Å². The molecule has 0 heterocycles. The summed E-state index contributed by atoms with van der Waals surface area (Å²) in [5, 5.41) is 9.22. The molecule has 1 aliphatic carbocycles. The summed E-state index contributed by atoms with van der Waals surface area (Å²) in [6, 6.07) is 13.9. The molecule has 1 aliphatic rings. The number of ketones is 1. The molecular formula is C18H17ClO4. The van der Waals surface area contributed by atoms with Crippen LogP contribution in [0, 0.1) is 0 Å². The number of carbonyl (C=O) groups is 2. The minimum atomic E-state index is -0.833. The number of carboxylic acid groups (broad SMARTS) is 1. The lowest BCUT2D eigenvalue weighted by atomic mass is 9.97. The van der Waals surface area contributed by atoms with Crippen LogP contribution in [-0.4, -0.2) is 29.3 Å². The van der Waals surface area contributed by atoms with Crippen molar-refractivity contribution in [3.8, 4) is 0 Å². The molecule has 0 bridgehead atoms. The quantitative estimate of drug-likeness (QED) is 0.848. The number of hydrogen-bond acceptors (Lipinski definition) is 3. The fraction of sp³-hybridized carbons (Fsp3) is 0.222. The normalized spacial score (nSPS) is 17.0. The third-order valence-corrected chi connectivity index (χ3v) is 3.81. The molecule has 1 atom stereocenters. The van der Waals surface area contributed by atoms with Crippen molar-refractivity contribution in [2.24, 2.45) is 0 Å². The van der Waals surface area contributed by atoms with Gasteiger partial charge in [0, 0.05) is 13.3 Å². The van der Waals surface area contributed by atoms with Crippen molar-refractivity contribution in [1.82, 2.24) is 0 Å². The van der Waals surface area contributed by atoms with E-state index < -0.39 is 5.97 Å². The highest BCUT2D eigenvalue weighted by atomic mass is 35.5. The van der Waals surface area contributed by atoms with E-state index >= 15 is 0 Å². The molecule has 0 saturated heterocycles. The average molecular weight is 333 g/mol. The van der Waals surface area contributed by atoms with Crippen LogP contribution in [0.5, 0.6) is 0 Å². The number of carbonyl (C=O) groups excluding carboxylic acids is 1. The Morgan fingerprint density at radius 1 is 1.22 bits per heavy atom. The van der Waals surface area contributed by atoms with E-state index in [1.54, 1.807) is 7.11 Å². The van der Waals surface area contributed by atoms with Gasteiger partial charge in [0.25, 0.3) is 5.97 Å². The van der Waals surface area contributed by atoms with Crippen molar-refractivity contribution in [2.45, 2.75) is 18.7 Å². The second kappa shape index (κ2) is 7.29. The summed E-state index contributed by atoms with van der Waals surface area (Å²) in [4.78, 5) is 21.2. The minimum Gasteiger partial charge on any atom is -0.499 e. The lowest BCUT2D eigenvalue weighted by molar-refractivity contribution is -0.134. The number of aliphatic carboxylic acids is 1. The molecule has 0 aliphatic heterocycles. The van der Waals surface area contributed by atoms with Crippen LogP contribution in [0.4, 0.5) is 0 Å². The van der Waals surface area contributed by atoms with Crippen molar-refractivity contribution in [3.05, 3.63) is 53.8 Å². The Balaban J connectivity index is 0.000000433. The summed E-state index contributed by atoms with van der Waals surface area (Å²) in [6.07, 6.45) is 0.309. The summed E-state index contributed by atoms with van der Waals surface area (Å²) in [5.41, 5.74) is 1.53. The fourth-order valence-electron chi connectivity index (χ4n) is 2.61. The number of carboxylic acids is 1. The summed E-state index contributed by atoms with van der Waals surface area (Å²) >= 11 is 6.17. The molecule has 0 aromatic heterocycles. The largest absolute Gasteiger partial charge is 0.499 e. The molecule has 2 aromatic carbocycles. The van der Waals surface area contributed by atoms with Crippen LogP contribution >= 0.6 is 11.6 Å². The van der Waals surface area contributed by atoms with E-state index in [1.807, 2.05) is 42.5 Å². The lowest BCUT2D eigenvalue weighted by Crippen LogP contribution is -1.99. The maximum absolute atomic E-state index is 12.2. The Morgan fingerprint density at radius 3 is 2.48 bits per heavy atom. The highest BCUT2D eigenvalue weighted by Crippen LogP contribution is 2.37. The Morgan fingerprint density at radius 2 is 1.83 bits per heavy atom. The van der Waals surface area contributed by atoms with Crippen LogP contribution < -0.4 is 0 Å². The number of alkyl halides is 1. The van der Waals surface area contributed by atoms with Crippen LogP contribution in [0.1, 0.15) is 18.9 Å². The van der Waals surface area contributed by atoms with Crippen LogP contribution in [0.2, 0.25) is 0 Å². The highest BCUT2D eigenvalue weighted by molar-refractivity contribution is 6.34. The smallest absolute Gasteiger partial charge is 0.300 e. The van der Waals surface area contributed by atoms with E-state index in [4.69, 9.17) is 26.2 Å². The molecule has 3 rings (SSSR count). The third kappa shape index (κ3) is 3.71. The molecule has 0 fully saturated rings. The topological polar surface area (TPSA) is 63.6 Å². The van der Waals surface area contributed by atoms with Crippen LogP contribution in [0.25, 0.3) is 16.3 Å². The molecule has 4 nitrogen and oxygen atoms in total. The Bertz CT molecular complexity index is 770. The zero-order chi connectivity index (χ0) is 17.0. The number of hydrogen-bond donors (Lipinski definition) is 1. The number of benzene rings is 2. The standard InChI is InChI=1S/C16H13ClO2.C2H4O2/c1-19-16-13(17)9-14(18)15(16)12-8-4-6-10-5-2-3-7-11(10)12;1-2(3)4/h2-8,13H,9H2,1H3;1H3,(H,3,4). The molecule has 0 spiro atoms. The van der Waals surface area contributed by atoms with Gasteiger partial charge in [-0.1, -0.05) is 42.5 Å². The predicted octanol–water partition coefficient (Wildman–Crippen LogP) is 3.87. The average Bonchev–Trinajstić information content (AvgIpc) is 2.79. The van der Waals surface area contributed by atoms with E-state index in [0.717, 1.165) is 23.3 Å². The van der Waals surface area contributed by atoms with Crippen LogP contribution in [0.15, 0.2) is 48.2 Å². The molecule has 5 heteroatoms. The Labute approximate surface area is 139 Å². The first kappa shape index (κ1) is 17.0. The number of halogens is 1. The van der Waals surface area contributed by atoms with Crippen molar-refractivity contribution < 1.29 is 19.4 Å². The summed E-state index contributed by atoms with van der Waals surface area (Å²) in [6.45, 7) is 1.08. The van der Waals surface area contributed by atoms with E-state index in [2.05, 4.69) is 0 Å². The molecule has 2 aromatic rings. The second-order valence-electron chi connectivity index (χ2n) is 5.08. The maximum Gasteiger partial charge on any atom is 0.300 e. The van der Waals surface area contributed by atoms with Crippen LogP contribution in [-0.2, 0) is 14.3 Å². The van der Waals surface area contributed by atoms with Gasteiger partial charge in [0.05, 0.1) is 18.1 Å². The molecular weight excluding hydrogens is 316 g/mol. The number of methoxy groups -OCH3 is 1. The first-order chi connectivity index (χ1) is 11.0. The van der Waals surface area contributed by atoms with Gasteiger partial charge in [-0.3, -0.25) is 9.59 Å². The van der Waals surface area contributed by atoms with Crippen LogP contribution in [0.3, 0.4) is 0 Å². The second-order valence-corrected chi connectivity index (χ2v) is 5.61. The lowest BCUT2D eigenvalue weighted by Gasteiger charge is -2.10. The molecule has 120 valence electrons. The molecule has 23 heavy (non-hydrogen) atoms. The van der Waals surface area contributed by atoms with Crippen molar-refractivity contribution >= 4 is 39.7 Å². The molecule has 1 N–H and O–H groups in total.